The Kier molecular flexibility index (Phi) is 4.34. The van der Waals surface area contributed by atoms with Gasteiger partial charge in [-0.05, 0) is 12.8 Å². The van der Waals surface area contributed by atoms with Crippen molar-refractivity contribution in [3.05, 3.63) is 0 Å². The van der Waals surface area contributed by atoms with Crippen molar-refractivity contribution in [2.45, 2.75) is 32.1 Å². The molecule has 0 bridgehead atoms. The second-order valence-electron chi connectivity index (χ2n) is 3.69. The molecule has 0 aromatic carbocycles. The van der Waals surface area contributed by atoms with Crippen molar-refractivity contribution in [1.82, 2.24) is 0 Å². The molecule has 1 aliphatic rings. The summed E-state index contributed by atoms with van der Waals surface area (Å²) in [4.78, 5) is 23.5. The Labute approximate surface area is 97.7 Å². The molecule has 0 heterocycles. The summed E-state index contributed by atoms with van der Waals surface area (Å²) in [6.45, 7) is 0. The molecule has 1 aliphatic carbocycles. The highest BCUT2D eigenvalue weighted by Crippen LogP contribution is 2.35. The molecule has 0 spiro atoms. The number of Topliss-reactive ketones (excluding diaryl/α,β-unsaturated/α-hetero) is 1. The van der Waals surface area contributed by atoms with Crippen LogP contribution in [0.3, 0.4) is 0 Å². The van der Waals surface area contributed by atoms with Gasteiger partial charge in [-0.15, -0.1) is 0 Å². The van der Waals surface area contributed by atoms with Crippen molar-refractivity contribution < 1.29 is 14.3 Å². The molecule has 0 radical (unpaired) electrons. The molecule has 14 heavy (non-hydrogen) atoms. The number of halogens is 1. The summed E-state index contributed by atoms with van der Waals surface area (Å²) in [6, 6.07) is 0. The van der Waals surface area contributed by atoms with Gasteiger partial charge in [0, 0.05) is 10.8 Å². The summed E-state index contributed by atoms with van der Waals surface area (Å²) in [7, 11) is 1.36. The van der Waals surface area contributed by atoms with Crippen LogP contribution in [0.2, 0.25) is 0 Å². The van der Waals surface area contributed by atoms with Crippen LogP contribution in [0.4, 0.5) is 0 Å². The number of alkyl halides is 1. The number of hydrogen-bond donors (Lipinski definition) is 0. The maximum Gasteiger partial charge on any atom is 0.320 e. The second-order valence-corrected chi connectivity index (χ2v) is 4.45. The number of methoxy groups -OCH3 is 1. The molecule has 1 fully saturated rings. The molecule has 0 aliphatic heterocycles. The van der Waals surface area contributed by atoms with E-state index in [1.807, 2.05) is 0 Å². The summed E-state index contributed by atoms with van der Waals surface area (Å²) >= 11 is 2.11. The number of carbonyl (C=O) groups is 2. The highest BCUT2D eigenvalue weighted by atomic mass is 127. The van der Waals surface area contributed by atoms with Crippen LogP contribution in [-0.2, 0) is 14.3 Å². The maximum atomic E-state index is 11.9. The Bertz CT molecular complexity index is 240. The minimum atomic E-state index is -0.841. The fourth-order valence-electron chi connectivity index (χ4n) is 1.87. The quantitative estimate of drug-likeness (QED) is 0.258. The summed E-state index contributed by atoms with van der Waals surface area (Å²) < 4.78 is 5.28. The van der Waals surface area contributed by atoms with Gasteiger partial charge in [0.2, 0.25) is 0 Å². The minimum Gasteiger partial charge on any atom is -0.468 e. The van der Waals surface area contributed by atoms with E-state index in [-0.39, 0.29) is 11.8 Å². The molecular formula is C10H15IO3. The molecule has 0 aromatic heterocycles. The van der Waals surface area contributed by atoms with Crippen molar-refractivity contribution in [2.75, 3.05) is 11.5 Å². The van der Waals surface area contributed by atoms with Crippen LogP contribution in [-0.4, -0.2) is 23.3 Å². The van der Waals surface area contributed by atoms with Crippen molar-refractivity contribution in [1.29, 1.82) is 0 Å². The fraction of sp³-hybridized carbons (Fsp3) is 0.800. The Morgan fingerprint density at radius 2 is 2.21 bits per heavy atom. The van der Waals surface area contributed by atoms with Crippen LogP contribution in [0.5, 0.6) is 0 Å². The lowest BCUT2D eigenvalue weighted by atomic mass is 9.81. The molecular weight excluding hydrogens is 295 g/mol. The average Bonchev–Trinajstić information content (AvgIpc) is 2.40. The highest BCUT2D eigenvalue weighted by molar-refractivity contribution is 14.1. The van der Waals surface area contributed by atoms with Crippen LogP contribution in [0.1, 0.15) is 32.1 Å². The van der Waals surface area contributed by atoms with Gasteiger partial charge in [0.1, 0.15) is 5.41 Å². The third-order valence-electron chi connectivity index (χ3n) is 2.85. The van der Waals surface area contributed by atoms with E-state index >= 15 is 0 Å². The second kappa shape index (κ2) is 5.09. The predicted molar refractivity (Wildman–Crippen MR) is 61.4 cm³/mol. The third kappa shape index (κ3) is 2.10. The van der Waals surface area contributed by atoms with E-state index in [0.717, 1.165) is 19.3 Å². The van der Waals surface area contributed by atoms with Crippen LogP contribution in [0, 0.1) is 5.41 Å². The largest absolute Gasteiger partial charge is 0.468 e. The minimum absolute atomic E-state index is 0.0660. The molecule has 80 valence electrons. The Hall–Kier alpha value is -0.130. The lowest BCUT2D eigenvalue weighted by Gasteiger charge is -2.25. The molecule has 1 saturated carbocycles. The number of ether oxygens (including phenoxy) is 1. The van der Waals surface area contributed by atoms with E-state index in [0.29, 0.717) is 17.3 Å². The van der Waals surface area contributed by atoms with Gasteiger partial charge in [-0.25, -0.2) is 0 Å². The van der Waals surface area contributed by atoms with Gasteiger partial charge < -0.3 is 4.74 Å². The summed E-state index contributed by atoms with van der Waals surface area (Å²) in [5.74, 6) is -0.282. The molecule has 0 N–H and O–H groups in total. The first-order valence-corrected chi connectivity index (χ1v) is 6.37. The van der Waals surface area contributed by atoms with Gasteiger partial charge in [0.25, 0.3) is 0 Å². The molecule has 1 unspecified atom stereocenters. The first-order valence-electron chi connectivity index (χ1n) is 4.85. The lowest BCUT2D eigenvalue weighted by molar-refractivity contribution is -0.156. The molecule has 3 nitrogen and oxygen atoms in total. The molecule has 0 aromatic rings. The molecule has 1 rings (SSSR count). The van der Waals surface area contributed by atoms with E-state index in [4.69, 9.17) is 4.74 Å². The summed E-state index contributed by atoms with van der Waals surface area (Å²) in [6.07, 6.45) is 4.08. The third-order valence-corrected chi connectivity index (χ3v) is 4.15. The Morgan fingerprint density at radius 1 is 1.50 bits per heavy atom. The highest BCUT2D eigenvalue weighted by Gasteiger charge is 2.45. The van der Waals surface area contributed by atoms with E-state index < -0.39 is 5.41 Å². The van der Waals surface area contributed by atoms with Crippen molar-refractivity contribution in [3.63, 3.8) is 0 Å². The summed E-state index contributed by atoms with van der Waals surface area (Å²) in [5.41, 5.74) is -0.841. The topological polar surface area (TPSA) is 43.4 Å². The van der Waals surface area contributed by atoms with Gasteiger partial charge in [-0.3, -0.25) is 9.59 Å². The normalized spacial score (nSPS) is 28.3. The number of carbonyl (C=O) groups excluding carboxylic acids is 2. The van der Waals surface area contributed by atoms with Crippen molar-refractivity contribution >= 4 is 34.3 Å². The van der Waals surface area contributed by atoms with E-state index in [9.17, 15) is 9.59 Å². The zero-order valence-electron chi connectivity index (χ0n) is 8.35. The molecule has 4 heteroatoms. The van der Waals surface area contributed by atoms with Crippen LogP contribution < -0.4 is 0 Å². The predicted octanol–water partition coefficient (Wildman–Crippen LogP) is 2.11. The maximum absolute atomic E-state index is 11.9. The Balaban J connectivity index is 2.92. The van der Waals surface area contributed by atoms with Gasteiger partial charge in [0.05, 0.1) is 7.11 Å². The van der Waals surface area contributed by atoms with Crippen LogP contribution in [0.15, 0.2) is 0 Å². The van der Waals surface area contributed by atoms with Gasteiger partial charge in [-0.1, -0.05) is 35.4 Å². The SMILES string of the molecule is COC(=O)C1(CI)CCCCCC1=O. The van der Waals surface area contributed by atoms with E-state index in [2.05, 4.69) is 22.6 Å². The number of rotatable bonds is 2. The van der Waals surface area contributed by atoms with E-state index in [1.54, 1.807) is 0 Å². The van der Waals surface area contributed by atoms with Gasteiger partial charge in [0.15, 0.2) is 5.78 Å². The standard InChI is InChI=1S/C10H15IO3/c1-14-9(13)10(7-11)6-4-2-3-5-8(10)12/h2-7H2,1H3. The van der Waals surface area contributed by atoms with Gasteiger partial charge >= 0.3 is 5.97 Å². The van der Waals surface area contributed by atoms with Crippen LogP contribution >= 0.6 is 22.6 Å². The van der Waals surface area contributed by atoms with Gasteiger partial charge in [-0.2, -0.15) is 0 Å². The zero-order valence-corrected chi connectivity index (χ0v) is 10.5. The smallest absolute Gasteiger partial charge is 0.320 e. The molecule has 0 saturated heterocycles. The van der Waals surface area contributed by atoms with E-state index in [1.165, 1.54) is 7.11 Å². The number of ketones is 1. The number of esters is 1. The lowest BCUT2D eigenvalue weighted by Crippen LogP contribution is -2.41. The van der Waals surface area contributed by atoms with Crippen molar-refractivity contribution in [2.24, 2.45) is 5.41 Å². The first kappa shape index (κ1) is 11.9. The number of hydrogen-bond acceptors (Lipinski definition) is 3. The monoisotopic (exact) mass is 310 g/mol. The fourth-order valence-corrected chi connectivity index (χ4v) is 2.99. The van der Waals surface area contributed by atoms with Crippen LogP contribution in [0.25, 0.3) is 0 Å². The zero-order chi connectivity index (χ0) is 10.6. The molecule has 0 amide bonds. The van der Waals surface area contributed by atoms with Crippen molar-refractivity contribution in [3.8, 4) is 0 Å². The molecule has 1 atom stereocenters. The first-order chi connectivity index (χ1) is 6.67. The summed E-state index contributed by atoms with van der Waals surface area (Å²) in [5, 5.41) is 0. The average molecular weight is 310 g/mol. The Morgan fingerprint density at radius 3 is 2.79 bits per heavy atom.